The third kappa shape index (κ3) is 4.75. The molecule has 0 aliphatic rings. The number of ether oxygens (including phenoxy) is 1. The summed E-state index contributed by atoms with van der Waals surface area (Å²) in [6.45, 7) is 9.24. The molecule has 0 aliphatic carbocycles. The number of aromatic nitrogens is 2. The highest BCUT2D eigenvalue weighted by molar-refractivity contribution is 7.99. The Hall–Kier alpha value is -2.60. The van der Waals surface area contributed by atoms with E-state index in [0.29, 0.717) is 23.8 Å². The van der Waals surface area contributed by atoms with Gasteiger partial charge in [0.15, 0.2) is 10.9 Å². The third-order valence-electron chi connectivity index (χ3n) is 5.29. The van der Waals surface area contributed by atoms with Gasteiger partial charge in [0.1, 0.15) is 0 Å². The number of benzene rings is 2. The van der Waals surface area contributed by atoms with E-state index < -0.39 is 0 Å². The second kappa shape index (κ2) is 9.94. The van der Waals surface area contributed by atoms with Crippen LogP contribution in [0.1, 0.15) is 66.3 Å². The minimum absolute atomic E-state index is 0.0811. The molecular weight excluding hydrogens is 396 g/mol. The molecule has 0 N–H and O–H groups in total. The number of hydrogen-bond acceptors (Lipinski definition) is 5. The van der Waals surface area contributed by atoms with Crippen LogP contribution in [0, 0.1) is 0 Å². The Bertz CT molecular complexity index is 1040. The number of nitrogens with zero attached hydrogens (tertiary/aromatic N) is 2. The first kappa shape index (κ1) is 22.1. The van der Waals surface area contributed by atoms with Crippen molar-refractivity contribution in [2.45, 2.75) is 51.7 Å². The summed E-state index contributed by atoms with van der Waals surface area (Å²) in [7, 11) is 0. The molecule has 0 radical (unpaired) electrons. The Morgan fingerprint density at radius 3 is 2.40 bits per heavy atom. The van der Waals surface area contributed by atoms with E-state index in [0.717, 1.165) is 34.7 Å². The van der Waals surface area contributed by atoms with Crippen LogP contribution >= 0.6 is 11.8 Å². The summed E-state index contributed by atoms with van der Waals surface area (Å²) in [6.07, 6.45) is 1.08. The number of imidazole rings is 1. The number of Topliss-reactive ketones (excluding diaryl/α,β-unsaturated/α-hetero) is 1. The summed E-state index contributed by atoms with van der Waals surface area (Å²) in [5.74, 6) is 0.539. The van der Waals surface area contributed by atoms with Crippen molar-refractivity contribution in [2.75, 3.05) is 12.4 Å². The summed E-state index contributed by atoms with van der Waals surface area (Å²) >= 11 is 1.43. The number of ketones is 1. The van der Waals surface area contributed by atoms with Gasteiger partial charge < -0.3 is 9.30 Å². The molecule has 0 spiro atoms. The molecule has 30 heavy (non-hydrogen) atoms. The molecule has 0 aliphatic heterocycles. The SMILES string of the molecule is CCOC(=O)c1ccc2c(c1)nc(SCC(=O)c1ccc([C@@H](C)CC)cc1)n2CC. The predicted octanol–water partition coefficient (Wildman–Crippen LogP) is 5.72. The minimum Gasteiger partial charge on any atom is -0.462 e. The van der Waals surface area contributed by atoms with Crippen LogP contribution < -0.4 is 0 Å². The van der Waals surface area contributed by atoms with Crippen LogP contribution in [-0.2, 0) is 11.3 Å². The van der Waals surface area contributed by atoms with E-state index in [1.165, 1.54) is 17.3 Å². The van der Waals surface area contributed by atoms with E-state index in [2.05, 4.69) is 23.4 Å². The fraction of sp³-hybridized carbons (Fsp3) is 0.375. The summed E-state index contributed by atoms with van der Waals surface area (Å²) in [4.78, 5) is 29.3. The second-order valence-electron chi connectivity index (χ2n) is 7.21. The fourth-order valence-electron chi connectivity index (χ4n) is 3.31. The van der Waals surface area contributed by atoms with E-state index in [-0.39, 0.29) is 11.8 Å². The molecule has 1 aromatic heterocycles. The Balaban J connectivity index is 1.76. The van der Waals surface area contributed by atoms with Gasteiger partial charge in [0.05, 0.1) is 29.0 Å². The maximum absolute atomic E-state index is 12.7. The lowest BCUT2D eigenvalue weighted by Crippen LogP contribution is -2.05. The van der Waals surface area contributed by atoms with Crippen LogP contribution in [0.4, 0.5) is 0 Å². The molecule has 0 amide bonds. The topological polar surface area (TPSA) is 61.2 Å². The quantitative estimate of drug-likeness (QED) is 0.250. The summed E-state index contributed by atoms with van der Waals surface area (Å²) < 4.78 is 7.14. The highest BCUT2D eigenvalue weighted by Gasteiger charge is 2.16. The van der Waals surface area contributed by atoms with Crippen molar-refractivity contribution in [3.63, 3.8) is 0 Å². The van der Waals surface area contributed by atoms with Gasteiger partial charge in [-0.05, 0) is 49.9 Å². The van der Waals surface area contributed by atoms with Gasteiger partial charge in [-0.3, -0.25) is 4.79 Å². The summed E-state index contributed by atoms with van der Waals surface area (Å²) in [6, 6.07) is 13.3. The maximum atomic E-state index is 12.7. The van der Waals surface area contributed by atoms with E-state index in [4.69, 9.17) is 4.74 Å². The number of hydrogen-bond donors (Lipinski definition) is 0. The standard InChI is InChI=1S/C24H28N2O3S/c1-5-16(4)17-8-10-18(11-9-17)22(27)15-30-24-25-20-14-19(23(28)29-7-3)12-13-21(20)26(24)6-2/h8-14,16H,5-7,15H2,1-4H3/t16-/m0/s1. The van der Waals surface area contributed by atoms with Gasteiger partial charge in [-0.2, -0.15) is 0 Å². The van der Waals surface area contributed by atoms with Crippen molar-refractivity contribution >= 4 is 34.5 Å². The Morgan fingerprint density at radius 2 is 1.77 bits per heavy atom. The lowest BCUT2D eigenvalue weighted by atomic mass is 9.97. The molecule has 6 heteroatoms. The van der Waals surface area contributed by atoms with Gasteiger partial charge in [-0.1, -0.05) is 49.9 Å². The molecule has 0 bridgehead atoms. The van der Waals surface area contributed by atoms with Crippen LogP contribution in [0.5, 0.6) is 0 Å². The van der Waals surface area contributed by atoms with Gasteiger partial charge >= 0.3 is 5.97 Å². The van der Waals surface area contributed by atoms with Crippen molar-refractivity contribution in [2.24, 2.45) is 0 Å². The predicted molar refractivity (Wildman–Crippen MR) is 122 cm³/mol. The highest BCUT2D eigenvalue weighted by Crippen LogP contribution is 2.26. The van der Waals surface area contributed by atoms with Gasteiger partial charge in [0, 0.05) is 12.1 Å². The fourth-order valence-corrected chi connectivity index (χ4v) is 4.28. The average Bonchev–Trinajstić information content (AvgIpc) is 3.13. The first-order valence-electron chi connectivity index (χ1n) is 10.4. The molecule has 3 rings (SSSR count). The Morgan fingerprint density at radius 1 is 1.07 bits per heavy atom. The van der Waals surface area contributed by atoms with Crippen LogP contribution in [0.25, 0.3) is 11.0 Å². The smallest absolute Gasteiger partial charge is 0.338 e. The number of aryl methyl sites for hydroxylation is 1. The number of esters is 1. The number of rotatable bonds is 9. The molecule has 0 saturated carbocycles. The number of carbonyl (C=O) groups is 2. The number of fused-ring (bicyclic) bond motifs is 1. The van der Waals surface area contributed by atoms with Crippen molar-refractivity contribution in [1.29, 1.82) is 0 Å². The van der Waals surface area contributed by atoms with Crippen LogP contribution in [0.2, 0.25) is 0 Å². The molecule has 3 aromatic rings. The van der Waals surface area contributed by atoms with E-state index >= 15 is 0 Å². The second-order valence-corrected chi connectivity index (χ2v) is 8.15. The van der Waals surface area contributed by atoms with Gasteiger partial charge in [-0.15, -0.1) is 0 Å². The first-order chi connectivity index (χ1) is 14.5. The minimum atomic E-state index is -0.351. The molecule has 0 saturated heterocycles. The van der Waals surface area contributed by atoms with E-state index in [9.17, 15) is 9.59 Å². The monoisotopic (exact) mass is 424 g/mol. The molecule has 158 valence electrons. The largest absolute Gasteiger partial charge is 0.462 e. The molecule has 0 fully saturated rings. The normalized spacial score (nSPS) is 12.1. The molecule has 5 nitrogen and oxygen atoms in total. The van der Waals surface area contributed by atoms with Gasteiger partial charge in [0.2, 0.25) is 0 Å². The summed E-state index contributed by atoms with van der Waals surface area (Å²) in [5.41, 5.74) is 4.14. The molecule has 0 unspecified atom stereocenters. The van der Waals surface area contributed by atoms with Crippen LogP contribution in [0.3, 0.4) is 0 Å². The number of carbonyl (C=O) groups excluding carboxylic acids is 2. The van der Waals surface area contributed by atoms with Crippen LogP contribution in [0.15, 0.2) is 47.6 Å². The number of thioether (sulfide) groups is 1. The molecular formula is C24H28N2O3S. The zero-order chi connectivity index (χ0) is 21.7. The molecule has 2 aromatic carbocycles. The maximum Gasteiger partial charge on any atom is 0.338 e. The first-order valence-corrected chi connectivity index (χ1v) is 11.4. The third-order valence-corrected chi connectivity index (χ3v) is 6.26. The molecule has 1 atom stereocenters. The lowest BCUT2D eigenvalue weighted by Gasteiger charge is -2.09. The lowest BCUT2D eigenvalue weighted by molar-refractivity contribution is 0.0526. The highest BCUT2D eigenvalue weighted by atomic mass is 32.2. The van der Waals surface area contributed by atoms with Gasteiger partial charge in [-0.25, -0.2) is 9.78 Å². The Kier molecular flexibility index (Phi) is 7.32. The summed E-state index contributed by atoms with van der Waals surface area (Å²) in [5, 5.41) is 0.776. The van der Waals surface area contributed by atoms with Crippen molar-refractivity contribution < 1.29 is 14.3 Å². The zero-order valence-corrected chi connectivity index (χ0v) is 18.8. The van der Waals surface area contributed by atoms with Crippen molar-refractivity contribution in [3.8, 4) is 0 Å². The van der Waals surface area contributed by atoms with E-state index in [1.54, 1.807) is 19.1 Å². The van der Waals surface area contributed by atoms with Crippen LogP contribution in [-0.4, -0.2) is 33.7 Å². The van der Waals surface area contributed by atoms with Crippen molar-refractivity contribution in [1.82, 2.24) is 9.55 Å². The molecule has 1 heterocycles. The zero-order valence-electron chi connectivity index (χ0n) is 18.0. The van der Waals surface area contributed by atoms with E-state index in [1.807, 2.05) is 37.3 Å². The average molecular weight is 425 g/mol. The Labute approximate surface area is 181 Å². The van der Waals surface area contributed by atoms with Gasteiger partial charge in [0.25, 0.3) is 0 Å². The van der Waals surface area contributed by atoms with Crippen molar-refractivity contribution in [3.05, 3.63) is 59.2 Å².